The van der Waals surface area contributed by atoms with Crippen LogP contribution in [0.4, 0.5) is 0 Å². The van der Waals surface area contributed by atoms with Gasteiger partial charge in [0, 0.05) is 12.7 Å². The van der Waals surface area contributed by atoms with Crippen molar-refractivity contribution < 1.29 is 4.84 Å². The number of hydrogen-bond donors (Lipinski definition) is 1. The number of nitriles is 1. The summed E-state index contributed by atoms with van der Waals surface area (Å²) < 4.78 is 1.74. The second-order valence-corrected chi connectivity index (χ2v) is 2.19. The van der Waals surface area contributed by atoms with E-state index < -0.39 is 0 Å². The van der Waals surface area contributed by atoms with E-state index in [1.807, 2.05) is 12.1 Å². The number of rotatable bonds is 2. The summed E-state index contributed by atoms with van der Waals surface area (Å²) in [4.78, 5) is 4.44. The second kappa shape index (κ2) is 3.19. The minimum absolute atomic E-state index is 0.332. The highest BCUT2D eigenvalue weighted by molar-refractivity contribution is 5.26. The smallest absolute Gasteiger partial charge is 0.120 e. The van der Waals surface area contributed by atoms with E-state index in [9.17, 15) is 0 Å². The van der Waals surface area contributed by atoms with Crippen LogP contribution < -0.4 is 5.90 Å². The highest BCUT2D eigenvalue weighted by Crippen LogP contribution is 2.05. The van der Waals surface area contributed by atoms with Gasteiger partial charge in [0.2, 0.25) is 0 Å². The number of nitrogens with zero attached hydrogens (tertiary/aromatic N) is 2. The SMILES string of the molecule is Cn1c(C#N)ccc1CON. The van der Waals surface area contributed by atoms with E-state index in [0.29, 0.717) is 12.3 Å². The van der Waals surface area contributed by atoms with Crippen LogP contribution in [-0.2, 0) is 18.5 Å². The third kappa shape index (κ3) is 1.40. The first kappa shape index (κ1) is 7.79. The lowest BCUT2D eigenvalue weighted by Gasteiger charge is -2.00. The summed E-state index contributed by atoms with van der Waals surface area (Å²) in [6.45, 7) is 0.332. The Morgan fingerprint density at radius 3 is 2.91 bits per heavy atom. The van der Waals surface area contributed by atoms with E-state index in [1.54, 1.807) is 17.7 Å². The first-order chi connectivity index (χ1) is 5.29. The van der Waals surface area contributed by atoms with Crippen LogP contribution >= 0.6 is 0 Å². The van der Waals surface area contributed by atoms with Crippen molar-refractivity contribution in [2.75, 3.05) is 0 Å². The highest BCUT2D eigenvalue weighted by Gasteiger charge is 2.01. The Labute approximate surface area is 64.7 Å². The van der Waals surface area contributed by atoms with E-state index in [-0.39, 0.29) is 0 Å². The lowest BCUT2D eigenvalue weighted by Crippen LogP contribution is -2.04. The second-order valence-electron chi connectivity index (χ2n) is 2.19. The van der Waals surface area contributed by atoms with Gasteiger partial charge in [-0.2, -0.15) is 5.26 Å². The van der Waals surface area contributed by atoms with E-state index in [0.717, 1.165) is 5.69 Å². The van der Waals surface area contributed by atoms with Crippen molar-refractivity contribution in [3.8, 4) is 6.07 Å². The Morgan fingerprint density at radius 1 is 1.73 bits per heavy atom. The van der Waals surface area contributed by atoms with Crippen molar-refractivity contribution in [1.82, 2.24) is 4.57 Å². The summed E-state index contributed by atoms with van der Waals surface area (Å²) in [6, 6.07) is 5.58. The molecule has 0 fully saturated rings. The molecular weight excluding hydrogens is 142 g/mol. The van der Waals surface area contributed by atoms with Crippen molar-refractivity contribution in [1.29, 1.82) is 5.26 Å². The van der Waals surface area contributed by atoms with Crippen LogP contribution in [-0.4, -0.2) is 4.57 Å². The Balaban J connectivity index is 2.93. The zero-order valence-electron chi connectivity index (χ0n) is 6.24. The molecule has 0 aliphatic carbocycles. The highest BCUT2D eigenvalue weighted by atomic mass is 16.6. The minimum Gasteiger partial charge on any atom is -0.337 e. The predicted octanol–water partition coefficient (Wildman–Crippen LogP) is 0.287. The Kier molecular flexibility index (Phi) is 2.26. The van der Waals surface area contributed by atoms with Gasteiger partial charge in [0.05, 0.1) is 0 Å². The lowest BCUT2D eigenvalue weighted by molar-refractivity contribution is 0.119. The molecule has 1 aromatic rings. The fourth-order valence-corrected chi connectivity index (χ4v) is 0.896. The molecule has 4 nitrogen and oxygen atoms in total. The molecule has 1 aromatic heterocycles. The van der Waals surface area contributed by atoms with Gasteiger partial charge in [-0.05, 0) is 12.1 Å². The standard InChI is InChI=1S/C7H9N3O/c1-10-6(4-8)2-3-7(10)5-11-9/h2-3H,5,9H2,1H3. The Bertz CT molecular complexity index is 284. The maximum Gasteiger partial charge on any atom is 0.120 e. The zero-order chi connectivity index (χ0) is 8.27. The molecule has 0 bridgehead atoms. The van der Waals surface area contributed by atoms with Gasteiger partial charge in [-0.15, -0.1) is 0 Å². The van der Waals surface area contributed by atoms with Gasteiger partial charge in [-0.25, -0.2) is 5.90 Å². The molecule has 0 unspecified atom stereocenters. The molecule has 0 radical (unpaired) electrons. The summed E-state index contributed by atoms with van der Waals surface area (Å²) in [5, 5.41) is 8.56. The summed E-state index contributed by atoms with van der Waals surface area (Å²) in [7, 11) is 1.80. The summed E-state index contributed by atoms with van der Waals surface area (Å²) >= 11 is 0. The molecule has 11 heavy (non-hydrogen) atoms. The minimum atomic E-state index is 0.332. The van der Waals surface area contributed by atoms with Gasteiger partial charge in [0.25, 0.3) is 0 Å². The summed E-state index contributed by atoms with van der Waals surface area (Å²) in [5.74, 6) is 4.88. The molecule has 0 saturated heterocycles. The molecule has 0 aliphatic rings. The van der Waals surface area contributed by atoms with Gasteiger partial charge < -0.3 is 4.57 Å². The average molecular weight is 151 g/mol. The molecule has 0 saturated carbocycles. The van der Waals surface area contributed by atoms with Crippen LogP contribution in [0.2, 0.25) is 0 Å². The maximum atomic E-state index is 8.56. The van der Waals surface area contributed by atoms with Gasteiger partial charge >= 0.3 is 0 Å². The van der Waals surface area contributed by atoms with Gasteiger partial charge in [0.1, 0.15) is 18.4 Å². The number of nitrogens with two attached hydrogens (primary N) is 1. The maximum absolute atomic E-state index is 8.56. The largest absolute Gasteiger partial charge is 0.337 e. The molecular formula is C7H9N3O. The zero-order valence-corrected chi connectivity index (χ0v) is 6.24. The molecule has 58 valence electrons. The Morgan fingerprint density at radius 2 is 2.45 bits per heavy atom. The normalized spacial score (nSPS) is 9.55. The third-order valence-electron chi connectivity index (χ3n) is 1.57. The molecule has 1 rings (SSSR count). The molecule has 1 heterocycles. The van der Waals surface area contributed by atoms with Crippen molar-refractivity contribution in [2.24, 2.45) is 12.9 Å². The van der Waals surface area contributed by atoms with E-state index in [4.69, 9.17) is 11.2 Å². The molecule has 4 heteroatoms. The monoisotopic (exact) mass is 151 g/mol. The molecule has 2 N–H and O–H groups in total. The number of hydrogen-bond acceptors (Lipinski definition) is 3. The summed E-state index contributed by atoms with van der Waals surface area (Å²) in [6.07, 6.45) is 0. The molecule has 0 spiro atoms. The molecule has 0 amide bonds. The Hall–Kier alpha value is -1.31. The van der Waals surface area contributed by atoms with E-state index in [1.165, 1.54) is 0 Å². The van der Waals surface area contributed by atoms with Crippen LogP contribution in [0, 0.1) is 11.3 Å². The van der Waals surface area contributed by atoms with Gasteiger partial charge in [-0.1, -0.05) is 0 Å². The van der Waals surface area contributed by atoms with Crippen molar-refractivity contribution >= 4 is 0 Å². The van der Waals surface area contributed by atoms with E-state index >= 15 is 0 Å². The van der Waals surface area contributed by atoms with Gasteiger partial charge in [0.15, 0.2) is 0 Å². The quantitative estimate of drug-likeness (QED) is 0.618. The van der Waals surface area contributed by atoms with Crippen LogP contribution in [0.25, 0.3) is 0 Å². The predicted molar refractivity (Wildman–Crippen MR) is 39.1 cm³/mol. The van der Waals surface area contributed by atoms with Crippen LogP contribution in [0.15, 0.2) is 12.1 Å². The number of aromatic nitrogens is 1. The molecule has 0 atom stereocenters. The average Bonchev–Trinajstić information content (AvgIpc) is 2.34. The first-order valence-corrected chi connectivity index (χ1v) is 3.16. The van der Waals surface area contributed by atoms with Crippen molar-refractivity contribution in [3.63, 3.8) is 0 Å². The van der Waals surface area contributed by atoms with Crippen LogP contribution in [0.1, 0.15) is 11.4 Å². The van der Waals surface area contributed by atoms with Gasteiger partial charge in [-0.3, -0.25) is 4.84 Å². The first-order valence-electron chi connectivity index (χ1n) is 3.16. The molecule has 0 aliphatic heterocycles. The van der Waals surface area contributed by atoms with Crippen LogP contribution in [0.3, 0.4) is 0 Å². The summed E-state index contributed by atoms with van der Waals surface area (Å²) in [5.41, 5.74) is 1.50. The van der Waals surface area contributed by atoms with Crippen molar-refractivity contribution in [3.05, 3.63) is 23.5 Å². The molecule has 0 aromatic carbocycles. The fraction of sp³-hybridized carbons (Fsp3) is 0.286. The van der Waals surface area contributed by atoms with Crippen molar-refractivity contribution in [2.45, 2.75) is 6.61 Å². The topological polar surface area (TPSA) is 64.0 Å². The lowest BCUT2D eigenvalue weighted by atomic mass is 10.4. The van der Waals surface area contributed by atoms with E-state index in [2.05, 4.69) is 4.84 Å². The van der Waals surface area contributed by atoms with Crippen LogP contribution in [0.5, 0.6) is 0 Å². The third-order valence-corrected chi connectivity index (χ3v) is 1.57. The fourth-order valence-electron chi connectivity index (χ4n) is 0.896.